The van der Waals surface area contributed by atoms with Crippen LogP contribution in [0.3, 0.4) is 0 Å². The van der Waals surface area contributed by atoms with Gasteiger partial charge in [0.2, 0.25) is 9.84 Å². The highest BCUT2D eigenvalue weighted by molar-refractivity contribution is 7.92. The molecule has 0 atom stereocenters. The summed E-state index contributed by atoms with van der Waals surface area (Å²) in [6.07, 6.45) is 0. The minimum absolute atomic E-state index is 0.438. The third-order valence-electron chi connectivity index (χ3n) is 2.83. The van der Waals surface area contributed by atoms with Crippen LogP contribution in [0.5, 0.6) is 0 Å². The zero-order chi connectivity index (χ0) is 18.9. The molecule has 0 fully saturated rings. The first kappa shape index (κ1) is 19.1. The molecule has 0 aromatic heterocycles. The van der Waals surface area contributed by atoms with Crippen LogP contribution in [0.4, 0.5) is 11.4 Å². The molecule has 4 N–H and O–H groups in total. The summed E-state index contributed by atoms with van der Waals surface area (Å²) in [7, 11) is -13.9. The highest BCUT2D eigenvalue weighted by Crippen LogP contribution is 2.32. The van der Waals surface area contributed by atoms with E-state index in [-0.39, 0.29) is 0 Å². The molecule has 2 aromatic carbocycles. The monoisotopic (exact) mass is 408 g/mol. The van der Waals surface area contributed by atoms with Crippen LogP contribution in [0.1, 0.15) is 0 Å². The average molecular weight is 408 g/mol. The van der Waals surface area contributed by atoms with E-state index in [4.69, 9.17) is 9.11 Å². The van der Waals surface area contributed by atoms with E-state index >= 15 is 0 Å². The summed E-state index contributed by atoms with van der Waals surface area (Å²) >= 11 is 0. The van der Waals surface area contributed by atoms with E-state index in [1.165, 1.54) is 24.3 Å². The lowest BCUT2D eigenvalue weighted by atomic mass is 10.3. The van der Waals surface area contributed by atoms with Gasteiger partial charge < -0.3 is 0 Å². The Morgan fingerprint density at radius 2 is 0.920 bits per heavy atom. The van der Waals surface area contributed by atoms with E-state index in [1.807, 2.05) is 0 Å². The van der Waals surface area contributed by atoms with Crippen LogP contribution >= 0.6 is 0 Å². The SMILES string of the molecule is O=S(=O)(O)Nc1ccccc1S(=O)(=O)c1ccccc1NS(=O)(=O)O. The molecule has 13 heteroatoms. The maximum Gasteiger partial charge on any atom is 0.357 e. The molecule has 10 nitrogen and oxygen atoms in total. The molecular formula is C12H12N2O8S3. The molecule has 25 heavy (non-hydrogen) atoms. The van der Waals surface area contributed by atoms with Gasteiger partial charge in [0.15, 0.2) is 0 Å². The predicted octanol–water partition coefficient (Wildman–Crippen LogP) is 0.949. The average Bonchev–Trinajstić information content (AvgIpc) is 2.44. The molecule has 0 aliphatic heterocycles. The Balaban J connectivity index is 2.66. The van der Waals surface area contributed by atoms with Gasteiger partial charge in [-0.2, -0.15) is 16.8 Å². The Hall–Kier alpha value is -2.19. The van der Waals surface area contributed by atoms with Gasteiger partial charge in [0.05, 0.1) is 21.2 Å². The van der Waals surface area contributed by atoms with Crippen molar-refractivity contribution in [1.29, 1.82) is 0 Å². The fourth-order valence-corrected chi connectivity index (χ4v) is 4.58. The highest BCUT2D eigenvalue weighted by atomic mass is 32.2. The Labute approximate surface area is 144 Å². The molecule has 0 radical (unpaired) electrons. The Morgan fingerprint density at radius 1 is 0.600 bits per heavy atom. The van der Waals surface area contributed by atoms with E-state index in [2.05, 4.69) is 0 Å². The quantitative estimate of drug-likeness (QED) is 0.512. The topological polar surface area (TPSA) is 167 Å². The maximum absolute atomic E-state index is 12.8. The molecule has 0 unspecified atom stereocenters. The molecular weight excluding hydrogens is 396 g/mol. The van der Waals surface area contributed by atoms with Crippen LogP contribution in [0, 0.1) is 0 Å². The zero-order valence-corrected chi connectivity index (χ0v) is 14.6. The smallest absolute Gasteiger partial charge is 0.269 e. The summed E-state index contributed by atoms with van der Waals surface area (Å²) in [5.74, 6) is 0. The van der Waals surface area contributed by atoms with Crippen molar-refractivity contribution < 1.29 is 34.4 Å². The third-order valence-corrected chi connectivity index (χ3v) is 5.66. The summed E-state index contributed by atoms with van der Waals surface area (Å²) in [6.45, 7) is 0. The van der Waals surface area contributed by atoms with Gasteiger partial charge in [0.1, 0.15) is 0 Å². The minimum atomic E-state index is -4.75. The lowest BCUT2D eigenvalue weighted by Gasteiger charge is -2.13. The summed E-state index contributed by atoms with van der Waals surface area (Å²) < 4.78 is 90.7. The Kier molecular flexibility index (Phi) is 5.06. The van der Waals surface area contributed by atoms with E-state index < -0.39 is 51.6 Å². The molecule has 0 amide bonds. The lowest BCUT2D eigenvalue weighted by molar-refractivity contribution is 0.487. The number of benzene rings is 2. The van der Waals surface area contributed by atoms with Crippen molar-refractivity contribution in [3.63, 3.8) is 0 Å². The third kappa shape index (κ3) is 4.90. The predicted molar refractivity (Wildman–Crippen MR) is 88.7 cm³/mol. The molecule has 136 valence electrons. The fourth-order valence-electron chi connectivity index (χ4n) is 1.97. The largest absolute Gasteiger partial charge is 0.357 e. The van der Waals surface area contributed by atoms with Gasteiger partial charge in [-0.25, -0.2) is 8.42 Å². The number of para-hydroxylation sites is 2. The van der Waals surface area contributed by atoms with Gasteiger partial charge in [0.25, 0.3) is 0 Å². The number of hydrogen-bond acceptors (Lipinski definition) is 6. The van der Waals surface area contributed by atoms with Crippen molar-refractivity contribution in [3.8, 4) is 0 Å². The van der Waals surface area contributed by atoms with Gasteiger partial charge in [-0.3, -0.25) is 18.5 Å². The van der Waals surface area contributed by atoms with Crippen molar-refractivity contribution >= 4 is 41.8 Å². The Bertz CT molecular complexity index is 1030. The molecule has 0 heterocycles. The first-order chi connectivity index (χ1) is 11.4. The number of hydrogen-bond donors (Lipinski definition) is 4. The number of sulfone groups is 1. The van der Waals surface area contributed by atoms with Crippen molar-refractivity contribution in [3.05, 3.63) is 48.5 Å². The van der Waals surface area contributed by atoms with E-state index in [1.54, 1.807) is 9.44 Å². The zero-order valence-electron chi connectivity index (χ0n) is 12.2. The van der Waals surface area contributed by atoms with Crippen LogP contribution in [0.25, 0.3) is 0 Å². The van der Waals surface area contributed by atoms with Crippen LogP contribution in [-0.4, -0.2) is 34.4 Å². The first-order valence-corrected chi connectivity index (χ1v) is 10.7. The van der Waals surface area contributed by atoms with Crippen molar-refractivity contribution in [2.45, 2.75) is 9.79 Å². The van der Waals surface area contributed by atoms with E-state index in [0.29, 0.717) is 0 Å². The molecule has 0 saturated carbocycles. The van der Waals surface area contributed by atoms with Crippen LogP contribution in [0.2, 0.25) is 0 Å². The van der Waals surface area contributed by atoms with Crippen LogP contribution < -0.4 is 9.44 Å². The van der Waals surface area contributed by atoms with Crippen molar-refractivity contribution in [2.24, 2.45) is 0 Å². The van der Waals surface area contributed by atoms with Gasteiger partial charge in [-0.15, -0.1) is 0 Å². The number of anilines is 2. The highest BCUT2D eigenvalue weighted by Gasteiger charge is 2.26. The summed E-state index contributed by atoms with van der Waals surface area (Å²) in [5, 5.41) is 0. The molecule has 0 aliphatic rings. The van der Waals surface area contributed by atoms with Gasteiger partial charge >= 0.3 is 20.6 Å². The maximum atomic E-state index is 12.8. The molecule has 0 bridgehead atoms. The number of rotatable bonds is 6. The minimum Gasteiger partial charge on any atom is -0.269 e. The first-order valence-electron chi connectivity index (χ1n) is 6.34. The van der Waals surface area contributed by atoms with Crippen molar-refractivity contribution in [1.82, 2.24) is 0 Å². The summed E-state index contributed by atoms with van der Waals surface area (Å²) in [6, 6.07) is 9.59. The fraction of sp³-hybridized carbons (Fsp3) is 0. The second-order valence-electron chi connectivity index (χ2n) is 4.65. The van der Waals surface area contributed by atoms with Gasteiger partial charge in [0, 0.05) is 0 Å². The molecule has 0 saturated heterocycles. The molecule has 0 spiro atoms. The summed E-state index contributed by atoms with van der Waals surface area (Å²) in [4.78, 5) is -1.06. The van der Waals surface area contributed by atoms with Gasteiger partial charge in [-0.05, 0) is 24.3 Å². The van der Waals surface area contributed by atoms with E-state index in [0.717, 1.165) is 24.3 Å². The second-order valence-corrected chi connectivity index (χ2v) is 8.85. The second kappa shape index (κ2) is 6.61. The van der Waals surface area contributed by atoms with Crippen LogP contribution in [0.15, 0.2) is 58.3 Å². The number of nitrogens with one attached hydrogen (secondary N) is 2. The molecule has 0 aliphatic carbocycles. The molecule has 2 aromatic rings. The van der Waals surface area contributed by atoms with E-state index in [9.17, 15) is 25.3 Å². The lowest BCUT2D eigenvalue weighted by Crippen LogP contribution is -2.16. The normalized spacial score (nSPS) is 12.6. The molecule has 2 rings (SSSR count). The summed E-state index contributed by atoms with van der Waals surface area (Å²) in [5.41, 5.74) is -0.877. The van der Waals surface area contributed by atoms with Gasteiger partial charge in [-0.1, -0.05) is 24.3 Å². The van der Waals surface area contributed by atoms with Crippen LogP contribution in [-0.2, 0) is 30.4 Å². The Morgan fingerprint density at radius 3 is 1.24 bits per heavy atom. The standard InChI is InChI=1S/C12H12N2O8S3/c15-23(16,11-7-3-1-5-9(11)13-24(17,18)19)12-8-4-2-6-10(12)14-25(20,21)22/h1-8,13-14H,(H,17,18,19)(H,20,21,22). The van der Waals surface area contributed by atoms with Crippen molar-refractivity contribution in [2.75, 3.05) is 9.44 Å².